The summed E-state index contributed by atoms with van der Waals surface area (Å²) < 4.78 is 4.74. The van der Waals surface area contributed by atoms with Crippen LogP contribution in [-0.4, -0.2) is 36.5 Å². The number of nitrogens with zero attached hydrogens (tertiary/aromatic N) is 1. The van der Waals surface area contributed by atoms with Crippen LogP contribution in [0.15, 0.2) is 78.9 Å². The van der Waals surface area contributed by atoms with Crippen LogP contribution in [0.2, 0.25) is 0 Å². The summed E-state index contributed by atoms with van der Waals surface area (Å²) in [6.45, 7) is -0.333. The van der Waals surface area contributed by atoms with E-state index in [0.717, 1.165) is 0 Å². The molecule has 7 heteroatoms. The van der Waals surface area contributed by atoms with Crippen molar-refractivity contribution in [2.75, 3.05) is 23.9 Å². The molecule has 0 bridgehead atoms. The number of hydrogen-bond donors (Lipinski definition) is 2. The standard InChI is InChI=1S/C24H20N2O5/c1-31-22(28)17-11-5-7-13-19(17)25-21(27)15-26-20-14-8-6-12-18(20)24(30,23(26)29)16-9-3-2-4-10-16/h2-14,30H,15H2,1H3,(H,25,27)/t24-/m0/s1. The molecule has 7 nitrogen and oxygen atoms in total. The number of methoxy groups -OCH3 is 1. The zero-order chi connectivity index (χ0) is 22.0. The molecule has 0 saturated heterocycles. The number of para-hydroxylation sites is 2. The SMILES string of the molecule is COC(=O)c1ccccc1NC(=O)CN1C(=O)[C@](O)(c2ccccc2)c2ccccc21. The second-order valence-electron chi connectivity index (χ2n) is 7.07. The first-order valence-corrected chi connectivity index (χ1v) is 9.63. The van der Waals surface area contributed by atoms with E-state index in [2.05, 4.69) is 5.32 Å². The van der Waals surface area contributed by atoms with Crippen molar-refractivity contribution in [2.45, 2.75) is 5.60 Å². The van der Waals surface area contributed by atoms with Crippen molar-refractivity contribution in [3.8, 4) is 0 Å². The van der Waals surface area contributed by atoms with Gasteiger partial charge in [-0.2, -0.15) is 0 Å². The molecule has 2 amide bonds. The molecule has 0 aromatic heterocycles. The van der Waals surface area contributed by atoms with Crippen molar-refractivity contribution in [2.24, 2.45) is 0 Å². The van der Waals surface area contributed by atoms with E-state index in [1.165, 1.54) is 18.1 Å². The van der Waals surface area contributed by atoms with Gasteiger partial charge in [0.05, 0.1) is 24.0 Å². The van der Waals surface area contributed by atoms with Crippen molar-refractivity contribution in [1.82, 2.24) is 0 Å². The molecule has 2 N–H and O–H groups in total. The van der Waals surface area contributed by atoms with Crippen LogP contribution >= 0.6 is 0 Å². The first-order chi connectivity index (χ1) is 15.0. The van der Waals surface area contributed by atoms with Gasteiger partial charge < -0.3 is 15.2 Å². The largest absolute Gasteiger partial charge is 0.465 e. The number of esters is 1. The Labute approximate surface area is 178 Å². The van der Waals surface area contributed by atoms with Crippen molar-refractivity contribution in [3.63, 3.8) is 0 Å². The van der Waals surface area contributed by atoms with Crippen molar-refractivity contribution in [1.29, 1.82) is 0 Å². The Hall–Kier alpha value is -3.97. The minimum absolute atomic E-state index is 0.201. The normalized spacial score (nSPS) is 17.2. The highest BCUT2D eigenvalue weighted by atomic mass is 16.5. The van der Waals surface area contributed by atoms with Gasteiger partial charge in [0.15, 0.2) is 5.60 Å². The predicted octanol–water partition coefficient (Wildman–Crippen LogP) is 2.69. The first kappa shape index (κ1) is 20.3. The molecule has 1 heterocycles. The molecular weight excluding hydrogens is 396 g/mol. The molecule has 3 aromatic rings. The lowest BCUT2D eigenvalue weighted by Gasteiger charge is -2.23. The van der Waals surface area contributed by atoms with E-state index in [1.807, 2.05) is 0 Å². The average molecular weight is 416 g/mol. The maximum absolute atomic E-state index is 13.3. The molecule has 0 unspecified atom stereocenters. The topological polar surface area (TPSA) is 95.9 Å². The van der Waals surface area contributed by atoms with Crippen LogP contribution in [0.1, 0.15) is 21.5 Å². The minimum Gasteiger partial charge on any atom is -0.465 e. The summed E-state index contributed by atoms with van der Waals surface area (Å²) >= 11 is 0. The number of rotatable bonds is 5. The summed E-state index contributed by atoms with van der Waals surface area (Å²) in [7, 11) is 1.26. The van der Waals surface area contributed by atoms with Crippen LogP contribution in [0.5, 0.6) is 0 Å². The van der Waals surface area contributed by atoms with Gasteiger partial charge in [0, 0.05) is 5.56 Å². The molecule has 0 radical (unpaired) electrons. The Bertz CT molecular complexity index is 1160. The second kappa shape index (κ2) is 8.04. The van der Waals surface area contributed by atoms with E-state index < -0.39 is 23.4 Å². The lowest BCUT2D eigenvalue weighted by molar-refractivity contribution is -0.133. The van der Waals surface area contributed by atoms with Crippen LogP contribution in [0.3, 0.4) is 0 Å². The Morgan fingerprint density at radius 1 is 0.968 bits per heavy atom. The molecule has 3 aromatic carbocycles. The summed E-state index contributed by atoms with van der Waals surface area (Å²) in [5.41, 5.74) is -0.122. The molecule has 0 spiro atoms. The van der Waals surface area contributed by atoms with Gasteiger partial charge in [0.25, 0.3) is 5.91 Å². The third-order valence-electron chi connectivity index (χ3n) is 5.24. The first-order valence-electron chi connectivity index (χ1n) is 9.63. The highest BCUT2D eigenvalue weighted by Gasteiger charge is 2.51. The van der Waals surface area contributed by atoms with Gasteiger partial charge in [0.2, 0.25) is 5.91 Å². The van der Waals surface area contributed by atoms with Gasteiger partial charge in [-0.05, 0) is 23.8 Å². The molecule has 0 saturated carbocycles. The fourth-order valence-corrected chi connectivity index (χ4v) is 3.76. The Kier molecular flexibility index (Phi) is 5.27. The number of nitrogens with one attached hydrogen (secondary N) is 1. The maximum Gasteiger partial charge on any atom is 0.339 e. The van der Waals surface area contributed by atoms with Gasteiger partial charge >= 0.3 is 5.97 Å². The summed E-state index contributed by atoms with van der Waals surface area (Å²) in [6, 6.07) is 21.9. The zero-order valence-corrected chi connectivity index (χ0v) is 16.7. The van der Waals surface area contributed by atoms with E-state index >= 15 is 0 Å². The Morgan fingerprint density at radius 2 is 1.61 bits per heavy atom. The molecule has 1 aliphatic rings. The zero-order valence-electron chi connectivity index (χ0n) is 16.7. The van der Waals surface area contributed by atoms with E-state index in [4.69, 9.17) is 4.74 Å². The predicted molar refractivity (Wildman–Crippen MR) is 115 cm³/mol. The molecule has 1 atom stereocenters. The van der Waals surface area contributed by atoms with Gasteiger partial charge in [-0.25, -0.2) is 4.79 Å². The summed E-state index contributed by atoms with van der Waals surface area (Å²) in [5.74, 6) is -1.72. The van der Waals surface area contributed by atoms with E-state index in [1.54, 1.807) is 72.8 Å². The molecule has 156 valence electrons. The molecule has 1 aliphatic heterocycles. The number of hydrogen-bond acceptors (Lipinski definition) is 5. The third kappa shape index (κ3) is 3.45. The van der Waals surface area contributed by atoms with E-state index in [-0.39, 0.29) is 17.8 Å². The van der Waals surface area contributed by atoms with Crippen molar-refractivity contribution in [3.05, 3.63) is 95.6 Å². The summed E-state index contributed by atoms with van der Waals surface area (Å²) in [6.07, 6.45) is 0. The number of amides is 2. The van der Waals surface area contributed by atoms with Crippen LogP contribution in [-0.2, 0) is 19.9 Å². The number of fused-ring (bicyclic) bond motifs is 1. The van der Waals surface area contributed by atoms with E-state index in [0.29, 0.717) is 16.8 Å². The highest BCUT2D eigenvalue weighted by molar-refractivity contribution is 6.13. The lowest BCUT2D eigenvalue weighted by atomic mass is 9.88. The third-order valence-corrected chi connectivity index (χ3v) is 5.24. The number of benzene rings is 3. The number of carbonyl (C=O) groups excluding carboxylic acids is 3. The number of aliphatic hydroxyl groups is 1. The second-order valence-corrected chi connectivity index (χ2v) is 7.07. The van der Waals surface area contributed by atoms with Gasteiger partial charge in [-0.15, -0.1) is 0 Å². The van der Waals surface area contributed by atoms with Crippen LogP contribution in [0, 0.1) is 0 Å². The quantitative estimate of drug-likeness (QED) is 0.624. The minimum atomic E-state index is -1.89. The van der Waals surface area contributed by atoms with Crippen molar-refractivity contribution < 1.29 is 24.2 Å². The lowest BCUT2D eigenvalue weighted by Crippen LogP contribution is -2.44. The van der Waals surface area contributed by atoms with Gasteiger partial charge in [0.1, 0.15) is 6.54 Å². The van der Waals surface area contributed by atoms with Crippen LogP contribution < -0.4 is 10.2 Å². The summed E-state index contributed by atoms with van der Waals surface area (Å²) in [5, 5.41) is 14.1. The van der Waals surface area contributed by atoms with Crippen molar-refractivity contribution >= 4 is 29.2 Å². The fourth-order valence-electron chi connectivity index (χ4n) is 3.76. The molecular formula is C24H20N2O5. The highest BCUT2D eigenvalue weighted by Crippen LogP contribution is 2.44. The Morgan fingerprint density at radius 3 is 2.35 bits per heavy atom. The average Bonchev–Trinajstić information content (AvgIpc) is 3.02. The van der Waals surface area contributed by atoms with Gasteiger partial charge in [-0.1, -0.05) is 60.7 Å². The molecule has 31 heavy (non-hydrogen) atoms. The monoisotopic (exact) mass is 416 g/mol. The van der Waals surface area contributed by atoms with Crippen LogP contribution in [0.25, 0.3) is 0 Å². The Balaban J connectivity index is 1.64. The van der Waals surface area contributed by atoms with E-state index in [9.17, 15) is 19.5 Å². The molecule has 0 aliphatic carbocycles. The smallest absolute Gasteiger partial charge is 0.339 e. The number of ether oxygens (including phenoxy) is 1. The van der Waals surface area contributed by atoms with Gasteiger partial charge in [-0.3, -0.25) is 14.5 Å². The number of carbonyl (C=O) groups is 3. The maximum atomic E-state index is 13.3. The molecule has 0 fully saturated rings. The fraction of sp³-hybridized carbons (Fsp3) is 0.125. The molecule has 4 rings (SSSR count). The summed E-state index contributed by atoms with van der Waals surface area (Å²) in [4.78, 5) is 39.3. The number of anilines is 2. The van der Waals surface area contributed by atoms with Crippen LogP contribution in [0.4, 0.5) is 11.4 Å².